The van der Waals surface area contributed by atoms with Gasteiger partial charge in [0, 0.05) is 42.4 Å². The van der Waals surface area contributed by atoms with E-state index in [0.29, 0.717) is 17.5 Å². The lowest BCUT2D eigenvalue weighted by atomic mass is 9.91. The molecular weight excluding hydrogens is 687 g/mol. The maximum Gasteiger partial charge on any atom is 0.164 e. The molecule has 0 fully saturated rings. The van der Waals surface area contributed by atoms with Crippen molar-refractivity contribution in [1.29, 1.82) is 0 Å². The molecule has 0 saturated heterocycles. The van der Waals surface area contributed by atoms with Gasteiger partial charge in [0.05, 0.1) is 0 Å². The molecule has 0 aliphatic heterocycles. The van der Waals surface area contributed by atoms with Crippen LogP contribution in [-0.2, 0) is 0 Å². The standard InChI is InChI=1S/C51H33N3S/c1-6-17-34(18-7-1)41-32-44(36-21-10-3-11-22-36)47-45(33-41)46-42(29-30-43(48(46)55-47)35-19-8-2-9-20-35)39-27-16-28-40(31-39)51-53-49(37-23-12-4-13-24-37)52-50(54-51)38-25-14-5-15-26-38/h1-33H. The molecule has 258 valence electrons. The van der Waals surface area contributed by atoms with Gasteiger partial charge in [-0.15, -0.1) is 11.3 Å². The van der Waals surface area contributed by atoms with Crippen LogP contribution in [0, 0.1) is 0 Å². The zero-order valence-corrected chi connectivity index (χ0v) is 30.6. The van der Waals surface area contributed by atoms with Crippen molar-refractivity contribution in [2.24, 2.45) is 0 Å². The zero-order valence-electron chi connectivity index (χ0n) is 29.8. The van der Waals surface area contributed by atoms with Crippen molar-refractivity contribution in [1.82, 2.24) is 15.0 Å². The molecule has 0 aliphatic carbocycles. The number of benzene rings is 8. The molecule has 2 heterocycles. The van der Waals surface area contributed by atoms with Gasteiger partial charge in [0.2, 0.25) is 0 Å². The van der Waals surface area contributed by atoms with Crippen LogP contribution in [0.3, 0.4) is 0 Å². The predicted molar refractivity (Wildman–Crippen MR) is 231 cm³/mol. The second-order valence-electron chi connectivity index (χ2n) is 13.6. The van der Waals surface area contributed by atoms with Gasteiger partial charge in [-0.2, -0.15) is 0 Å². The summed E-state index contributed by atoms with van der Waals surface area (Å²) >= 11 is 1.88. The van der Waals surface area contributed by atoms with Gasteiger partial charge in [0.1, 0.15) is 0 Å². The number of thiophene rings is 1. The van der Waals surface area contributed by atoms with Gasteiger partial charge in [-0.3, -0.25) is 0 Å². The Bertz CT molecular complexity index is 2890. The van der Waals surface area contributed by atoms with E-state index < -0.39 is 0 Å². The highest BCUT2D eigenvalue weighted by atomic mass is 32.1. The molecular formula is C51H33N3S. The minimum Gasteiger partial charge on any atom is -0.208 e. The van der Waals surface area contributed by atoms with Crippen molar-refractivity contribution in [2.45, 2.75) is 0 Å². The minimum absolute atomic E-state index is 0.639. The average molecular weight is 720 g/mol. The van der Waals surface area contributed by atoms with Crippen LogP contribution in [0.2, 0.25) is 0 Å². The third kappa shape index (κ3) is 6.19. The molecule has 10 rings (SSSR count). The summed E-state index contributed by atoms with van der Waals surface area (Å²) in [4.78, 5) is 15.1. The van der Waals surface area contributed by atoms with Crippen LogP contribution in [-0.4, -0.2) is 15.0 Å². The van der Waals surface area contributed by atoms with Crippen molar-refractivity contribution in [3.63, 3.8) is 0 Å². The number of hydrogen-bond acceptors (Lipinski definition) is 4. The second kappa shape index (κ2) is 14.1. The first kappa shape index (κ1) is 32.6. The van der Waals surface area contributed by atoms with Gasteiger partial charge in [-0.25, -0.2) is 15.0 Å². The van der Waals surface area contributed by atoms with Crippen LogP contribution in [0.25, 0.3) is 98.8 Å². The molecule has 0 N–H and O–H groups in total. The van der Waals surface area contributed by atoms with E-state index in [9.17, 15) is 0 Å². The Hall–Kier alpha value is -7.01. The van der Waals surface area contributed by atoms with Crippen LogP contribution in [0.4, 0.5) is 0 Å². The van der Waals surface area contributed by atoms with E-state index in [1.807, 2.05) is 72.0 Å². The third-order valence-corrected chi connectivity index (χ3v) is 11.4. The Balaban J connectivity index is 1.23. The fraction of sp³-hybridized carbons (Fsp3) is 0. The van der Waals surface area contributed by atoms with Crippen molar-refractivity contribution >= 4 is 31.5 Å². The summed E-state index contributed by atoms with van der Waals surface area (Å²) in [6.45, 7) is 0. The monoisotopic (exact) mass is 719 g/mol. The quantitative estimate of drug-likeness (QED) is 0.165. The number of hydrogen-bond donors (Lipinski definition) is 0. The molecule has 0 unspecified atom stereocenters. The van der Waals surface area contributed by atoms with E-state index in [1.165, 1.54) is 59.1 Å². The Morgan fingerprint density at radius 2 is 0.709 bits per heavy atom. The molecule has 0 saturated carbocycles. The molecule has 0 aliphatic rings. The van der Waals surface area contributed by atoms with Crippen LogP contribution < -0.4 is 0 Å². The summed E-state index contributed by atoms with van der Waals surface area (Å²) in [6, 6.07) is 70.5. The number of aromatic nitrogens is 3. The molecule has 0 bridgehead atoms. The van der Waals surface area contributed by atoms with Gasteiger partial charge in [0.25, 0.3) is 0 Å². The normalized spacial score (nSPS) is 11.3. The van der Waals surface area contributed by atoms with Crippen molar-refractivity contribution in [3.8, 4) is 78.7 Å². The maximum absolute atomic E-state index is 5.06. The Morgan fingerprint density at radius 1 is 0.273 bits per heavy atom. The number of fused-ring (bicyclic) bond motifs is 3. The molecule has 10 aromatic rings. The molecule has 3 nitrogen and oxygen atoms in total. The highest BCUT2D eigenvalue weighted by Gasteiger charge is 2.20. The predicted octanol–water partition coefficient (Wildman–Crippen LogP) is 13.9. The highest BCUT2D eigenvalue weighted by molar-refractivity contribution is 7.27. The SMILES string of the molecule is c1ccc(-c2cc(-c3ccccc3)c3sc4c(-c5ccccc5)ccc(-c5cccc(-c6nc(-c7ccccc7)nc(-c7ccccc7)n6)c5)c4c3c2)cc1. The largest absolute Gasteiger partial charge is 0.208 e. The topological polar surface area (TPSA) is 38.7 Å². The Morgan fingerprint density at radius 3 is 1.27 bits per heavy atom. The van der Waals surface area contributed by atoms with Crippen LogP contribution >= 0.6 is 11.3 Å². The van der Waals surface area contributed by atoms with Crippen molar-refractivity contribution in [3.05, 3.63) is 200 Å². The molecule has 2 aromatic heterocycles. The number of nitrogens with zero attached hydrogens (tertiary/aromatic N) is 3. The summed E-state index contributed by atoms with van der Waals surface area (Å²) in [7, 11) is 0. The summed E-state index contributed by atoms with van der Waals surface area (Å²) in [5.41, 5.74) is 12.4. The smallest absolute Gasteiger partial charge is 0.164 e. The summed E-state index contributed by atoms with van der Waals surface area (Å²) in [5, 5.41) is 2.50. The van der Waals surface area contributed by atoms with Gasteiger partial charge in [-0.05, 0) is 57.1 Å². The lowest BCUT2D eigenvalue weighted by Crippen LogP contribution is -2.00. The van der Waals surface area contributed by atoms with Crippen LogP contribution in [0.5, 0.6) is 0 Å². The lowest BCUT2D eigenvalue weighted by molar-refractivity contribution is 1.07. The molecule has 0 radical (unpaired) electrons. The Labute approximate surface area is 323 Å². The van der Waals surface area contributed by atoms with Crippen molar-refractivity contribution in [2.75, 3.05) is 0 Å². The molecule has 0 atom stereocenters. The van der Waals surface area contributed by atoms with Gasteiger partial charge < -0.3 is 0 Å². The van der Waals surface area contributed by atoms with E-state index >= 15 is 0 Å². The first-order valence-corrected chi connectivity index (χ1v) is 19.3. The van der Waals surface area contributed by atoms with Gasteiger partial charge >= 0.3 is 0 Å². The average Bonchev–Trinajstić information content (AvgIpc) is 3.67. The molecule has 0 spiro atoms. The Kier molecular flexibility index (Phi) is 8.36. The molecule has 8 aromatic carbocycles. The van der Waals surface area contributed by atoms with Crippen molar-refractivity contribution < 1.29 is 0 Å². The van der Waals surface area contributed by atoms with E-state index in [4.69, 9.17) is 15.0 Å². The fourth-order valence-electron chi connectivity index (χ4n) is 7.46. The van der Waals surface area contributed by atoms with E-state index in [2.05, 4.69) is 140 Å². The van der Waals surface area contributed by atoms with Gasteiger partial charge in [-0.1, -0.05) is 182 Å². The summed E-state index contributed by atoms with van der Waals surface area (Å²) in [5.74, 6) is 1.94. The third-order valence-electron chi connectivity index (χ3n) is 10.1. The lowest BCUT2D eigenvalue weighted by Gasteiger charge is -2.12. The fourth-order valence-corrected chi connectivity index (χ4v) is 8.84. The summed E-state index contributed by atoms with van der Waals surface area (Å²) in [6.07, 6.45) is 0. The second-order valence-corrected chi connectivity index (χ2v) is 14.6. The first-order valence-electron chi connectivity index (χ1n) is 18.4. The van der Waals surface area contributed by atoms with Crippen LogP contribution in [0.1, 0.15) is 0 Å². The minimum atomic E-state index is 0.639. The first-order chi connectivity index (χ1) is 27.3. The highest BCUT2D eigenvalue weighted by Crippen LogP contribution is 2.49. The molecule has 0 amide bonds. The molecule has 55 heavy (non-hydrogen) atoms. The van der Waals surface area contributed by atoms with E-state index in [0.717, 1.165) is 22.3 Å². The summed E-state index contributed by atoms with van der Waals surface area (Å²) < 4.78 is 2.54. The zero-order chi connectivity index (χ0) is 36.6. The van der Waals surface area contributed by atoms with E-state index in [-0.39, 0.29) is 0 Å². The number of rotatable bonds is 7. The molecule has 4 heteroatoms. The maximum atomic E-state index is 5.06. The van der Waals surface area contributed by atoms with Gasteiger partial charge in [0.15, 0.2) is 17.5 Å². The van der Waals surface area contributed by atoms with Crippen LogP contribution in [0.15, 0.2) is 200 Å². The van der Waals surface area contributed by atoms with E-state index in [1.54, 1.807) is 0 Å².